The molecule has 0 aliphatic carbocycles. The molecule has 0 aliphatic rings. The third kappa shape index (κ3) is 3.36. The quantitative estimate of drug-likeness (QED) is 0.852. The van der Waals surface area contributed by atoms with E-state index >= 15 is 0 Å². The molecule has 2 rings (SSSR count). The zero-order valence-corrected chi connectivity index (χ0v) is 12.1. The first-order chi connectivity index (χ1) is 9.86. The molecule has 1 aromatic carbocycles. The molecule has 0 aliphatic heterocycles. The summed E-state index contributed by atoms with van der Waals surface area (Å²) in [5.41, 5.74) is -0.836. The number of benzene rings is 1. The summed E-state index contributed by atoms with van der Waals surface area (Å²) in [7, 11) is 3.18. The van der Waals surface area contributed by atoms with Crippen molar-refractivity contribution in [2.24, 2.45) is 0 Å². The Bertz CT molecular complexity index is 624. The van der Waals surface area contributed by atoms with E-state index in [1.807, 2.05) is 0 Å². The highest BCUT2D eigenvalue weighted by molar-refractivity contribution is 7.10. The van der Waals surface area contributed by atoms with E-state index in [-0.39, 0.29) is 0 Å². The molecular formula is C14H13F4NOS. The second-order valence-electron chi connectivity index (χ2n) is 4.35. The molecule has 0 radical (unpaired) electrons. The van der Waals surface area contributed by atoms with Crippen molar-refractivity contribution < 1.29 is 22.3 Å². The van der Waals surface area contributed by atoms with Gasteiger partial charge in [-0.3, -0.25) is 0 Å². The molecule has 0 bridgehead atoms. The molecule has 0 saturated heterocycles. The van der Waals surface area contributed by atoms with Crippen molar-refractivity contribution >= 4 is 11.3 Å². The molecule has 7 heteroatoms. The van der Waals surface area contributed by atoms with Gasteiger partial charge in [-0.25, -0.2) is 4.39 Å². The fourth-order valence-electron chi connectivity index (χ4n) is 2.01. The second kappa shape index (κ2) is 6.03. The lowest BCUT2D eigenvalue weighted by Gasteiger charge is -2.16. The highest BCUT2D eigenvalue weighted by atomic mass is 32.1. The number of ether oxygens (including phenoxy) is 1. The molecule has 114 valence electrons. The lowest BCUT2D eigenvalue weighted by molar-refractivity contribution is -0.140. The molecule has 1 unspecified atom stereocenters. The van der Waals surface area contributed by atoms with E-state index in [0.29, 0.717) is 11.3 Å². The van der Waals surface area contributed by atoms with E-state index in [4.69, 9.17) is 4.74 Å². The fourth-order valence-corrected chi connectivity index (χ4v) is 3.00. The fraction of sp³-hybridized carbons (Fsp3) is 0.286. The Morgan fingerprint density at radius 3 is 2.43 bits per heavy atom. The minimum Gasteiger partial charge on any atom is -0.496 e. The predicted octanol–water partition coefficient (Wildman–Crippen LogP) is 4.22. The van der Waals surface area contributed by atoms with E-state index < -0.39 is 23.6 Å². The summed E-state index contributed by atoms with van der Waals surface area (Å²) in [5, 5.41) is 4.74. The van der Waals surface area contributed by atoms with Crippen molar-refractivity contribution in [3.8, 4) is 5.75 Å². The van der Waals surface area contributed by atoms with Gasteiger partial charge in [0.2, 0.25) is 0 Å². The van der Waals surface area contributed by atoms with Crippen LogP contribution in [0, 0.1) is 5.82 Å². The van der Waals surface area contributed by atoms with Gasteiger partial charge in [0.1, 0.15) is 11.6 Å². The van der Waals surface area contributed by atoms with Crippen LogP contribution in [0.4, 0.5) is 17.6 Å². The largest absolute Gasteiger partial charge is 0.496 e. The van der Waals surface area contributed by atoms with E-state index in [9.17, 15) is 17.6 Å². The Morgan fingerprint density at radius 2 is 1.95 bits per heavy atom. The summed E-state index contributed by atoms with van der Waals surface area (Å²) < 4.78 is 56.4. The summed E-state index contributed by atoms with van der Waals surface area (Å²) in [5.74, 6) is -0.619. The molecular weight excluding hydrogens is 306 g/mol. The van der Waals surface area contributed by atoms with E-state index in [1.54, 1.807) is 18.5 Å². The molecule has 0 spiro atoms. The zero-order valence-electron chi connectivity index (χ0n) is 11.3. The average Bonchev–Trinajstić information content (AvgIpc) is 2.87. The highest BCUT2D eigenvalue weighted by Gasteiger charge is 2.34. The van der Waals surface area contributed by atoms with Crippen LogP contribution in [0.5, 0.6) is 5.75 Å². The number of nitrogens with one attached hydrogen (secondary N) is 1. The molecule has 0 amide bonds. The van der Waals surface area contributed by atoms with Crippen LogP contribution < -0.4 is 10.1 Å². The summed E-state index contributed by atoms with van der Waals surface area (Å²) in [6, 6.07) is 4.33. The predicted molar refractivity (Wildman–Crippen MR) is 73.2 cm³/mol. The molecule has 21 heavy (non-hydrogen) atoms. The molecule has 1 aromatic heterocycles. The maximum absolute atomic E-state index is 13.7. The monoisotopic (exact) mass is 319 g/mol. The Balaban J connectivity index is 2.37. The van der Waals surface area contributed by atoms with Crippen molar-refractivity contribution in [3.63, 3.8) is 0 Å². The number of alkyl halides is 3. The Morgan fingerprint density at radius 1 is 1.24 bits per heavy atom. The Labute approximate surface area is 123 Å². The van der Waals surface area contributed by atoms with Crippen LogP contribution in [0.15, 0.2) is 29.6 Å². The van der Waals surface area contributed by atoms with Gasteiger partial charge >= 0.3 is 6.18 Å². The topological polar surface area (TPSA) is 21.3 Å². The lowest BCUT2D eigenvalue weighted by Crippen LogP contribution is -2.17. The van der Waals surface area contributed by atoms with Gasteiger partial charge in [-0.2, -0.15) is 13.2 Å². The van der Waals surface area contributed by atoms with E-state index in [0.717, 1.165) is 17.0 Å². The summed E-state index contributed by atoms with van der Waals surface area (Å²) in [6.45, 7) is 0. The van der Waals surface area contributed by atoms with Gasteiger partial charge in [0, 0.05) is 10.3 Å². The van der Waals surface area contributed by atoms with Crippen LogP contribution >= 0.6 is 11.3 Å². The van der Waals surface area contributed by atoms with Crippen molar-refractivity contribution in [1.82, 2.24) is 5.32 Å². The number of methoxy groups -OCH3 is 1. The number of rotatable bonds is 4. The molecule has 2 nitrogen and oxygen atoms in total. The average molecular weight is 319 g/mol. The number of hydrogen-bond acceptors (Lipinski definition) is 3. The Hall–Kier alpha value is -1.60. The van der Waals surface area contributed by atoms with Gasteiger partial charge in [0.15, 0.2) is 0 Å². The maximum atomic E-state index is 13.7. The molecule has 0 saturated carbocycles. The van der Waals surface area contributed by atoms with Gasteiger partial charge in [-0.1, -0.05) is 6.07 Å². The normalized spacial score (nSPS) is 13.2. The van der Waals surface area contributed by atoms with Gasteiger partial charge in [-0.05, 0) is 30.8 Å². The van der Waals surface area contributed by atoms with Gasteiger partial charge < -0.3 is 10.1 Å². The molecule has 1 atom stereocenters. The molecule has 0 fully saturated rings. The van der Waals surface area contributed by atoms with Crippen molar-refractivity contribution in [1.29, 1.82) is 0 Å². The van der Waals surface area contributed by atoms with Gasteiger partial charge in [0.05, 0.1) is 18.7 Å². The SMILES string of the molecule is CNC(c1ccc(C(F)(F)F)c(F)c1)c1cc(OC)cs1. The summed E-state index contributed by atoms with van der Waals surface area (Å²) in [6.07, 6.45) is -4.69. The van der Waals surface area contributed by atoms with Crippen LogP contribution in [0.3, 0.4) is 0 Å². The first kappa shape index (κ1) is 15.8. The zero-order chi connectivity index (χ0) is 15.6. The van der Waals surface area contributed by atoms with Crippen molar-refractivity contribution in [2.45, 2.75) is 12.2 Å². The molecule has 1 N–H and O–H groups in total. The first-order valence-corrected chi connectivity index (χ1v) is 6.91. The smallest absolute Gasteiger partial charge is 0.419 e. The van der Waals surface area contributed by atoms with Gasteiger partial charge in [0.25, 0.3) is 0 Å². The lowest BCUT2D eigenvalue weighted by atomic mass is 10.0. The maximum Gasteiger partial charge on any atom is 0.419 e. The van der Waals surface area contributed by atoms with Crippen molar-refractivity contribution in [2.75, 3.05) is 14.2 Å². The third-order valence-corrected chi connectivity index (χ3v) is 4.01. The van der Waals surface area contributed by atoms with E-state index in [2.05, 4.69) is 5.32 Å². The first-order valence-electron chi connectivity index (χ1n) is 6.03. The second-order valence-corrected chi connectivity index (χ2v) is 5.29. The van der Waals surface area contributed by atoms with Gasteiger partial charge in [-0.15, -0.1) is 11.3 Å². The summed E-state index contributed by atoms with van der Waals surface area (Å²) >= 11 is 1.39. The van der Waals surface area contributed by atoms with Crippen LogP contribution in [0.2, 0.25) is 0 Å². The number of thiophene rings is 1. The van der Waals surface area contributed by atoms with Crippen LogP contribution in [0.25, 0.3) is 0 Å². The van der Waals surface area contributed by atoms with E-state index in [1.165, 1.54) is 24.5 Å². The van der Waals surface area contributed by atoms with Crippen molar-refractivity contribution in [3.05, 3.63) is 51.5 Å². The van der Waals surface area contributed by atoms with Crippen LogP contribution in [0.1, 0.15) is 22.0 Å². The number of halogens is 4. The number of hydrogen-bond donors (Lipinski definition) is 1. The van der Waals surface area contributed by atoms with Crippen LogP contribution in [-0.4, -0.2) is 14.2 Å². The molecule has 2 aromatic rings. The standard InChI is InChI=1S/C14H13F4NOS/c1-19-13(12-6-9(20-2)7-21-12)8-3-4-10(11(15)5-8)14(16,17)18/h3-7,13,19H,1-2H3. The minimum atomic E-state index is -4.69. The molecule has 1 heterocycles. The summed E-state index contributed by atoms with van der Waals surface area (Å²) in [4.78, 5) is 0.827. The minimum absolute atomic E-state index is 0.393. The van der Waals surface area contributed by atoms with Crippen LogP contribution in [-0.2, 0) is 6.18 Å². The Kier molecular flexibility index (Phi) is 4.53. The highest BCUT2D eigenvalue weighted by Crippen LogP contribution is 2.35. The third-order valence-electron chi connectivity index (χ3n) is 3.04.